The minimum Gasteiger partial charge on any atom is -0.462 e. The minimum absolute atomic E-state index is 0.0739. The van der Waals surface area contributed by atoms with Gasteiger partial charge in [-0.05, 0) is 77.0 Å². The maximum Gasteiger partial charge on any atom is 0.306 e. The first-order valence-corrected chi connectivity index (χ1v) is 26.5. The van der Waals surface area contributed by atoms with Crippen LogP contribution in [-0.4, -0.2) is 37.2 Å². The van der Waals surface area contributed by atoms with Crippen LogP contribution in [-0.2, 0) is 28.6 Å². The summed E-state index contributed by atoms with van der Waals surface area (Å²) in [4.78, 5) is 37.8. The van der Waals surface area contributed by atoms with Gasteiger partial charge in [0.2, 0.25) is 0 Å². The monoisotopic (exact) mass is 857 g/mol. The van der Waals surface area contributed by atoms with Crippen LogP contribution >= 0.6 is 0 Å². The zero-order valence-corrected chi connectivity index (χ0v) is 40.7. The van der Waals surface area contributed by atoms with Crippen molar-refractivity contribution < 1.29 is 28.6 Å². The molecule has 0 aromatic rings. The van der Waals surface area contributed by atoms with Crippen molar-refractivity contribution in [3.63, 3.8) is 0 Å². The summed E-state index contributed by atoms with van der Waals surface area (Å²) in [6.07, 6.45) is 58.7. The van der Waals surface area contributed by atoms with Crippen LogP contribution in [0.1, 0.15) is 278 Å². The highest BCUT2D eigenvalue weighted by Gasteiger charge is 2.19. The highest BCUT2D eigenvalue weighted by molar-refractivity contribution is 5.71. The van der Waals surface area contributed by atoms with E-state index in [0.29, 0.717) is 19.3 Å². The molecule has 0 rings (SSSR count). The standard InChI is InChI=1S/C55H100O6/c1-4-7-10-13-16-18-20-22-24-26-28-30-31-33-35-37-39-42-45-48-54(57)60-51-52(50-59-53(56)47-44-41-15-12-9-6-3)61-55(58)49-46-43-40-38-36-34-32-29-27-25-23-21-19-17-14-11-8-5-2/h16,18,22,24-25,27,52H,4-15,17,19-21,23,26,28-51H2,1-3H3/b18-16-,24-22-,27-25-. The lowest BCUT2D eigenvalue weighted by Gasteiger charge is -2.18. The van der Waals surface area contributed by atoms with Crippen LogP contribution in [0, 0.1) is 0 Å². The van der Waals surface area contributed by atoms with Crippen LogP contribution in [0.2, 0.25) is 0 Å². The van der Waals surface area contributed by atoms with Crippen molar-refractivity contribution in [1.29, 1.82) is 0 Å². The molecule has 6 nitrogen and oxygen atoms in total. The van der Waals surface area contributed by atoms with E-state index in [2.05, 4.69) is 57.2 Å². The summed E-state index contributed by atoms with van der Waals surface area (Å²) in [5, 5.41) is 0. The molecule has 1 atom stereocenters. The topological polar surface area (TPSA) is 78.9 Å². The Kier molecular flexibility index (Phi) is 48.3. The number of carbonyl (C=O) groups is 3. The quantitative estimate of drug-likeness (QED) is 0.0262. The van der Waals surface area contributed by atoms with Gasteiger partial charge < -0.3 is 14.2 Å². The molecule has 356 valence electrons. The zero-order chi connectivity index (χ0) is 44.4. The highest BCUT2D eigenvalue weighted by atomic mass is 16.6. The molecule has 6 heteroatoms. The first kappa shape index (κ1) is 58.6. The molecule has 0 N–H and O–H groups in total. The van der Waals surface area contributed by atoms with Crippen molar-refractivity contribution in [3.05, 3.63) is 36.5 Å². The highest BCUT2D eigenvalue weighted by Crippen LogP contribution is 2.15. The average Bonchev–Trinajstić information content (AvgIpc) is 3.26. The third-order valence-corrected chi connectivity index (χ3v) is 11.6. The summed E-state index contributed by atoms with van der Waals surface area (Å²) in [6.45, 7) is 6.57. The molecule has 0 aliphatic heterocycles. The van der Waals surface area contributed by atoms with Crippen molar-refractivity contribution in [2.75, 3.05) is 13.2 Å². The van der Waals surface area contributed by atoms with E-state index in [1.165, 1.54) is 173 Å². The molecule has 0 aromatic carbocycles. The van der Waals surface area contributed by atoms with Gasteiger partial charge >= 0.3 is 17.9 Å². The summed E-state index contributed by atoms with van der Waals surface area (Å²) in [7, 11) is 0. The van der Waals surface area contributed by atoms with E-state index in [-0.39, 0.29) is 31.1 Å². The fourth-order valence-corrected chi connectivity index (χ4v) is 7.59. The number of ether oxygens (including phenoxy) is 3. The molecule has 0 fully saturated rings. The van der Waals surface area contributed by atoms with Gasteiger partial charge in [-0.1, -0.05) is 218 Å². The van der Waals surface area contributed by atoms with Crippen LogP contribution in [0.15, 0.2) is 36.5 Å². The fourth-order valence-electron chi connectivity index (χ4n) is 7.59. The number of allylic oxidation sites excluding steroid dienone is 6. The van der Waals surface area contributed by atoms with E-state index < -0.39 is 6.10 Å². The lowest BCUT2D eigenvalue weighted by molar-refractivity contribution is -0.167. The van der Waals surface area contributed by atoms with Crippen molar-refractivity contribution in [2.24, 2.45) is 0 Å². The van der Waals surface area contributed by atoms with Crippen LogP contribution in [0.4, 0.5) is 0 Å². The van der Waals surface area contributed by atoms with Crippen LogP contribution < -0.4 is 0 Å². The molecule has 0 saturated carbocycles. The lowest BCUT2D eigenvalue weighted by Crippen LogP contribution is -2.30. The van der Waals surface area contributed by atoms with E-state index in [9.17, 15) is 14.4 Å². The third-order valence-electron chi connectivity index (χ3n) is 11.6. The average molecular weight is 857 g/mol. The molecular weight excluding hydrogens is 757 g/mol. The van der Waals surface area contributed by atoms with Crippen LogP contribution in [0.25, 0.3) is 0 Å². The van der Waals surface area contributed by atoms with Crippen LogP contribution in [0.5, 0.6) is 0 Å². The predicted molar refractivity (Wildman–Crippen MR) is 261 cm³/mol. The van der Waals surface area contributed by atoms with Gasteiger partial charge in [-0.25, -0.2) is 0 Å². The summed E-state index contributed by atoms with van der Waals surface area (Å²) in [5.74, 6) is -0.882. The number of unbranched alkanes of at least 4 members (excludes halogenated alkanes) is 31. The summed E-state index contributed by atoms with van der Waals surface area (Å²) < 4.78 is 16.7. The number of esters is 3. The van der Waals surface area contributed by atoms with Gasteiger partial charge in [-0.3, -0.25) is 14.4 Å². The van der Waals surface area contributed by atoms with Crippen LogP contribution in [0.3, 0.4) is 0 Å². The Hall–Kier alpha value is -2.37. The Labute approximate surface area is 378 Å². The van der Waals surface area contributed by atoms with Crippen molar-refractivity contribution in [1.82, 2.24) is 0 Å². The molecule has 0 bridgehead atoms. The Morgan fingerprint density at radius 1 is 0.328 bits per heavy atom. The Morgan fingerprint density at radius 3 is 0.951 bits per heavy atom. The number of hydrogen-bond donors (Lipinski definition) is 0. The number of hydrogen-bond acceptors (Lipinski definition) is 6. The zero-order valence-electron chi connectivity index (χ0n) is 40.7. The molecule has 0 heterocycles. The maximum atomic E-state index is 12.8. The molecular formula is C55H100O6. The van der Waals surface area contributed by atoms with E-state index in [4.69, 9.17) is 14.2 Å². The minimum atomic E-state index is -0.771. The molecule has 0 aliphatic carbocycles. The van der Waals surface area contributed by atoms with Gasteiger partial charge in [0.15, 0.2) is 6.10 Å². The Balaban J connectivity index is 4.19. The lowest BCUT2D eigenvalue weighted by atomic mass is 10.1. The van der Waals surface area contributed by atoms with Gasteiger partial charge in [0.1, 0.15) is 13.2 Å². The summed E-state index contributed by atoms with van der Waals surface area (Å²) in [5.41, 5.74) is 0. The second-order valence-electron chi connectivity index (χ2n) is 17.8. The SMILES string of the molecule is CCCCC/C=C\C/C=C\CCCCCCCCCCCC(=O)OCC(COC(=O)CCCCCCCC)OC(=O)CCCCCCCCC/C=C\CCCCCCCCC. The molecule has 0 aliphatic rings. The molecule has 0 amide bonds. The Morgan fingerprint density at radius 2 is 0.590 bits per heavy atom. The van der Waals surface area contributed by atoms with E-state index in [1.54, 1.807) is 0 Å². The summed E-state index contributed by atoms with van der Waals surface area (Å²) >= 11 is 0. The number of rotatable bonds is 48. The second-order valence-corrected chi connectivity index (χ2v) is 17.8. The van der Waals surface area contributed by atoms with Gasteiger partial charge in [0.25, 0.3) is 0 Å². The normalized spacial score (nSPS) is 12.2. The third kappa shape index (κ3) is 48.5. The number of carbonyl (C=O) groups excluding carboxylic acids is 3. The fraction of sp³-hybridized carbons (Fsp3) is 0.836. The molecule has 61 heavy (non-hydrogen) atoms. The smallest absolute Gasteiger partial charge is 0.306 e. The first-order chi connectivity index (χ1) is 30.0. The molecule has 1 unspecified atom stereocenters. The summed E-state index contributed by atoms with van der Waals surface area (Å²) in [6, 6.07) is 0. The van der Waals surface area contributed by atoms with Crippen molar-refractivity contribution in [2.45, 2.75) is 284 Å². The maximum absolute atomic E-state index is 12.8. The van der Waals surface area contributed by atoms with Gasteiger partial charge in [-0.15, -0.1) is 0 Å². The molecule has 0 spiro atoms. The molecule has 0 saturated heterocycles. The first-order valence-electron chi connectivity index (χ1n) is 26.5. The Bertz CT molecular complexity index is 1030. The van der Waals surface area contributed by atoms with E-state index >= 15 is 0 Å². The van der Waals surface area contributed by atoms with Crippen molar-refractivity contribution in [3.8, 4) is 0 Å². The van der Waals surface area contributed by atoms with Gasteiger partial charge in [0.05, 0.1) is 0 Å². The van der Waals surface area contributed by atoms with Crippen molar-refractivity contribution >= 4 is 17.9 Å². The van der Waals surface area contributed by atoms with Gasteiger partial charge in [0, 0.05) is 19.3 Å². The largest absolute Gasteiger partial charge is 0.462 e. The second kappa shape index (κ2) is 50.3. The van der Waals surface area contributed by atoms with E-state index in [1.807, 2.05) is 0 Å². The van der Waals surface area contributed by atoms with Gasteiger partial charge in [-0.2, -0.15) is 0 Å². The molecule has 0 aromatic heterocycles. The van der Waals surface area contributed by atoms with E-state index in [0.717, 1.165) is 64.2 Å². The predicted octanol–water partition coefficient (Wildman–Crippen LogP) is 17.3. The molecule has 0 radical (unpaired) electrons.